The van der Waals surface area contributed by atoms with Gasteiger partial charge in [0.1, 0.15) is 0 Å². The summed E-state index contributed by atoms with van der Waals surface area (Å²) < 4.78 is 15.9. The summed E-state index contributed by atoms with van der Waals surface area (Å²) in [7, 11) is 4.80. The molecule has 17 heavy (non-hydrogen) atoms. The minimum atomic E-state index is -0.0465. The van der Waals surface area contributed by atoms with Crippen LogP contribution in [0.1, 0.15) is 31.4 Å². The highest BCUT2D eigenvalue weighted by Crippen LogP contribution is 2.42. The third kappa shape index (κ3) is 2.82. The van der Waals surface area contributed by atoms with E-state index in [0.717, 1.165) is 18.4 Å². The van der Waals surface area contributed by atoms with Crippen LogP contribution in [0, 0.1) is 0 Å². The van der Waals surface area contributed by atoms with Crippen LogP contribution in [0.15, 0.2) is 12.1 Å². The van der Waals surface area contributed by atoms with Crippen molar-refractivity contribution in [2.75, 3.05) is 21.3 Å². The summed E-state index contributed by atoms with van der Waals surface area (Å²) in [5.41, 5.74) is 7.07. The lowest BCUT2D eigenvalue weighted by Gasteiger charge is -2.19. The van der Waals surface area contributed by atoms with E-state index in [9.17, 15) is 0 Å². The van der Waals surface area contributed by atoms with Crippen molar-refractivity contribution in [3.8, 4) is 17.2 Å². The Labute approximate surface area is 103 Å². The van der Waals surface area contributed by atoms with Crippen LogP contribution in [-0.2, 0) is 0 Å². The monoisotopic (exact) mass is 239 g/mol. The fraction of sp³-hybridized carbons (Fsp3) is 0.538. The van der Waals surface area contributed by atoms with Gasteiger partial charge in [0.25, 0.3) is 0 Å². The van der Waals surface area contributed by atoms with Crippen molar-refractivity contribution < 1.29 is 14.2 Å². The Bertz CT molecular complexity index is 366. The predicted octanol–water partition coefficient (Wildman–Crippen LogP) is 2.51. The van der Waals surface area contributed by atoms with Gasteiger partial charge in [-0.1, -0.05) is 13.3 Å². The fourth-order valence-electron chi connectivity index (χ4n) is 1.88. The normalized spacial score (nSPS) is 12.1. The number of rotatable bonds is 6. The molecule has 0 saturated heterocycles. The summed E-state index contributed by atoms with van der Waals surface area (Å²) >= 11 is 0. The van der Waals surface area contributed by atoms with E-state index < -0.39 is 0 Å². The van der Waals surface area contributed by atoms with Crippen molar-refractivity contribution in [2.45, 2.75) is 25.8 Å². The Balaban J connectivity index is 3.22. The third-order valence-corrected chi connectivity index (χ3v) is 2.73. The molecular formula is C13H21NO3. The molecule has 4 nitrogen and oxygen atoms in total. The van der Waals surface area contributed by atoms with Crippen molar-refractivity contribution in [2.24, 2.45) is 5.73 Å². The Morgan fingerprint density at radius 2 is 1.71 bits per heavy atom. The van der Waals surface area contributed by atoms with Gasteiger partial charge >= 0.3 is 0 Å². The highest BCUT2D eigenvalue weighted by Gasteiger charge is 2.19. The number of methoxy groups -OCH3 is 3. The van der Waals surface area contributed by atoms with Gasteiger partial charge in [-0.15, -0.1) is 0 Å². The van der Waals surface area contributed by atoms with E-state index in [1.165, 1.54) is 0 Å². The standard InChI is InChI=1S/C13H21NO3/c1-5-6-10(14)9-7-8-11(15-2)13(17-4)12(9)16-3/h7-8,10H,5-6,14H2,1-4H3/t10-/m0/s1. The maximum Gasteiger partial charge on any atom is 0.203 e. The molecular weight excluding hydrogens is 218 g/mol. The van der Waals surface area contributed by atoms with E-state index in [1.54, 1.807) is 21.3 Å². The van der Waals surface area contributed by atoms with E-state index in [1.807, 2.05) is 12.1 Å². The molecule has 0 fully saturated rings. The van der Waals surface area contributed by atoms with Gasteiger partial charge in [-0.25, -0.2) is 0 Å². The largest absolute Gasteiger partial charge is 0.493 e. The molecule has 0 saturated carbocycles. The molecule has 1 aromatic rings. The van der Waals surface area contributed by atoms with Crippen LogP contribution in [0.3, 0.4) is 0 Å². The molecule has 0 amide bonds. The SMILES string of the molecule is CCC[C@H](N)c1ccc(OC)c(OC)c1OC. The first-order chi connectivity index (χ1) is 8.19. The number of hydrogen-bond acceptors (Lipinski definition) is 4. The van der Waals surface area contributed by atoms with Crippen LogP contribution in [0.25, 0.3) is 0 Å². The van der Waals surface area contributed by atoms with Crippen molar-refractivity contribution in [1.82, 2.24) is 0 Å². The van der Waals surface area contributed by atoms with Gasteiger partial charge in [0.15, 0.2) is 11.5 Å². The molecule has 1 atom stereocenters. The second kappa shape index (κ2) is 6.35. The molecule has 0 aromatic heterocycles. The smallest absolute Gasteiger partial charge is 0.203 e. The molecule has 0 aliphatic rings. The summed E-state index contributed by atoms with van der Waals surface area (Å²) in [6.07, 6.45) is 1.94. The number of hydrogen-bond donors (Lipinski definition) is 1. The molecule has 2 N–H and O–H groups in total. The molecule has 0 heterocycles. The zero-order valence-electron chi connectivity index (χ0n) is 10.9. The first-order valence-corrected chi connectivity index (χ1v) is 5.74. The van der Waals surface area contributed by atoms with Gasteiger partial charge in [-0.05, 0) is 18.6 Å². The van der Waals surface area contributed by atoms with Gasteiger partial charge in [-0.3, -0.25) is 0 Å². The van der Waals surface area contributed by atoms with Gasteiger partial charge in [0.2, 0.25) is 5.75 Å². The van der Waals surface area contributed by atoms with E-state index >= 15 is 0 Å². The maximum atomic E-state index is 6.12. The Morgan fingerprint density at radius 1 is 1.06 bits per heavy atom. The molecule has 0 aliphatic heterocycles. The van der Waals surface area contributed by atoms with Gasteiger partial charge in [-0.2, -0.15) is 0 Å². The van der Waals surface area contributed by atoms with Crippen molar-refractivity contribution >= 4 is 0 Å². The average Bonchev–Trinajstić information content (AvgIpc) is 2.36. The van der Waals surface area contributed by atoms with E-state index in [-0.39, 0.29) is 6.04 Å². The maximum absolute atomic E-state index is 6.12. The summed E-state index contributed by atoms with van der Waals surface area (Å²) in [4.78, 5) is 0. The Hall–Kier alpha value is -1.42. The van der Waals surface area contributed by atoms with Gasteiger partial charge in [0, 0.05) is 11.6 Å². The summed E-state index contributed by atoms with van der Waals surface area (Å²) in [6.45, 7) is 2.10. The summed E-state index contributed by atoms with van der Waals surface area (Å²) in [5, 5.41) is 0. The van der Waals surface area contributed by atoms with Crippen LogP contribution in [0.4, 0.5) is 0 Å². The number of benzene rings is 1. The lowest BCUT2D eigenvalue weighted by Crippen LogP contribution is -2.12. The van der Waals surface area contributed by atoms with Crippen molar-refractivity contribution in [3.05, 3.63) is 17.7 Å². The first kappa shape index (κ1) is 13.6. The zero-order chi connectivity index (χ0) is 12.8. The van der Waals surface area contributed by atoms with Crippen molar-refractivity contribution in [3.63, 3.8) is 0 Å². The third-order valence-electron chi connectivity index (χ3n) is 2.73. The predicted molar refractivity (Wildman–Crippen MR) is 67.9 cm³/mol. The molecule has 96 valence electrons. The van der Waals surface area contributed by atoms with E-state index in [0.29, 0.717) is 17.2 Å². The van der Waals surface area contributed by atoms with Crippen LogP contribution in [0.5, 0.6) is 17.2 Å². The molecule has 4 heteroatoms. The number of ether oxygens (including phenoxy) is 3. The molecule has 0 aliphatic carbocycles. The minimum Gasteiger partial charge on any atom is -0.493 e. The molecule has 0 radical (unpaired) electrons. The van der Waals surface area contributed by atoms with Crippen molar-refractivity contribution in [1.29, 1.82) is 0 Å². The second-order valence-corrected chi connectivity index (χ2v) is 3.82. The first-order valence-electron chi connectivity index (χ1n) is 5.74. The molecule has 1 rings (SSSR count). The summed E-state index contributed by atoms with van der Waals surface area (Å²) in [5.74, 6) is 1.91. The molecule has 0 spiro atoms. The molecule has 0 bridgehead atoms. The van der Waals surface area contributed by atoms with Gasteiger partial charge < -0.3 is 19.9 Å². The zero-order valence-corrected chi connectivity index (χ0v) is 10.9. The van der Waals surface area contributed by atoms with Gasteiger partial charge in [0.05, 0.1) is 21.3 Å². The lowest BCUT2D eigenvalue weighted by molar-refractivity contribution is 0.320. The topological polar surface area (TPSA) is 53.7 Å². The quantitative estimate of drug-likeness (QED) is 0.828. The number of nitrogens with two attached hydrogens (primary N) is 1. The Morgan fingerprint density at radius 3 is 2.18 bits per heavy atom. The van der Waals surface area contributed by atoms with Crippen LogP contribution >= 0.6 is 0 Å². The molecule has 1 aromatic carbocycles. The summed E-state index contributed by atoms with van der Waals surface area (Å²) in [6, 6.07) is 3.74. The minimum absolute atomic E-state index is 0.0465. The fourth-order valence-corrected chi connectivity index (χ4v) is 1.88. The second-order valence-electron chi connectivity index (χ2n) is 3.82. The van der Waals surface area contributed by atoms with E-state index in [2.05, 4.69) is 6.92 Å². The lowest BCUT2D eigenvalue weighted by atomic mass is 10.0. The van der Waals surface area contributed by atoms with Crippen LogP contribution in [-0.4, -0.2) is 21.3 Å². The van der Waals surface area contributed by atoms with E-state index in [4.69, 9.17) is 19.9 Å². The highest BCUT2D eigenvalue weighted by molar-refractivity contribution is 5.56. The van der Waals surface area contributed by atoms with Crippen LogP contribution in [0.2, 0.25) is 0 Å². The highest BCUT2D eigenvalue weighted by atomic mass is 16.5. The average molecular weight is 239 g/mol. The molecule has 0 unspecified atom stereocenters. The Kier molecular flexibility index (Phi) is 5.10. The van der Waals surface area contributed by atoms with Crippen LogP contribution < -0.4 is 19.9 Å².